The van der Waals surface area contributed by atoms with Crippen molar-refractivity contribution < 1.29 is 23.9 Å². The molecule has 0 aliphatic carbocycles. The van der Waals surface area contributed by atoms with Crippen molar-refractivity contribution in [2.75, 3.05) is 7.11 Å². The first-order chi connectivity index (χ1) is 12.5. The van der Waals surface area contributed by atoms with Gasteiger partial charge in [0, 0.05) is 6.04 Å². The molecular formula is C20H34N2O5. The van der Waals surface area contributed by atoms with Gasteiger partial charge in [0.1, 0.15) is 17.7 Å². The van der Waals surface area contributed by atoms with Crippen LogP contribution in [0.15, 0.2) is 0 Å². The second-order valence-corrected chi connectivity index (χ2v) is 9.03. The molecule has 2 aliphatic heterocycles. The SMILES string of the molecule is COC(=O)[C@@H]1CCC2C[C@@H](C(C)C)CC[C@H](NC(=O)OC(C)(C)C)C(=O)N21. The van der Waals surface area contributed by atoms with Gasteiger partial charge in [0.05, 0.1) is 7.11 Å². The highest BCUT2D eigenvalue weighted by Gasteiger charge is 2.46. The lowest BCUT2D eigenvalue weighted by molar-refractivity contribution is -0.153. The van der Waals surface area contributed by atoms with Crippen LogP contribution >= 0.6 is 0 Å². The second kappa shape index (κ2) is 8.48. The average Bonchev–Trinajstić information content (AvgIpc) is 2.95. The molecule has 0 bridgehead atoms. The van der Waals surface area contributed by atoms with E-state index in [-0.39, 0.29) is 17.9 Å². The van der Waals surface area contributed by atoms with E-state index in [0.29, 0.717) is 24.7 Å². The van der Waals surface area contributed by atoms with E-state index in [4.69, 9.17) is 9.47 Å². The van der Waals surface area contributed by atoms with Gasteiger partial charge in [-0.25, -0.2) is 9.59 Å². The van der Waals surface area contributed by atoms with Gasteiger partial charge in [-0.05, 0) is 64.7 Å². The normalized spacial score (nSPS) is 29.0. The molecule has 2 saturated heterocycles. The van der Waals surface area contributed by atoms with Crippen molar-refractivity contribution in [3.8, 4) is 0 Å². The lowest BCUT2D eigenvalue weighted by atomic mass is 9.82. The maximum atomic E-state index is 13.2. The minimum Gasteiger partial charge on any atom is -0.467 e. The Kier molecular flexibility index (Phi) is 6.76. The van der Waals surface area contributed by atoms with Crippen LogP contribution in [0, 0.1) is 11.8 Å². The smallest absolute Gasteiger partial charge is 0.408 e. The second-order valence-electron chi connectivity index (χ2n) is 9.03. The fraction of sp³-hybridized carbons (Fsp3) is 0.850. The summed E-state index contributed by atoms with van der Waals surface area (Å²) in [6.45, 7) is 9.71. The van der Waals surface area contributed by atoms with Crippen molar-refractivity contribution in [1.82, 2.24) is 10.2 Å². The first-order valence-corrected chi connectivity index (χ1v) is 9.93. The third kappa shape index (κ3) is 5.36. The Balaban J connectivity index is 2.24. The maximum absolute atomic E-state index is 13.2. The Morgan fingerprint density at radius 1 is 1.15 bits per heavy atom. The van der Waals surface area contributed by atoms with E-state index < -0.39 is 23.8 Å². The molecule has 0 radical (unpaired) electrons. The molecule has 1 N–H and O–H groups in total. The van der Waals surface area contributed by atoms with E-state index in [0.717, 1.165) is 19.3 Å². The van der Waals surface area contributed by atoms with Crippen molar-refractivity contribution in [3.05, 3.63) is 0 Å². The number of hydrogen-bond acceptors (Lipinski definition) is 5. The number of methoxy groups -OCH3 is 1. The minimum atomic E-state index is -0.686. The highest BCUT2D eigenvalue weighted by atomic mass is 16.6. The van der Waals surface area contributed by atoms with E-state index >= 15 is 0 Å². The first-order valence-electron chi connectivity index (χ1n) is 9.93. The third-order valence-corrected chi connectivity index (χ3v) is 5.56. The van der Waals surface area contributed by atoms with Crippen LogP contribution < -0.4 is 5.32 Å². The molecule has 0 aromatic heterocycles. The fourth-order valence-electron chi connectivity index (χ4n) is 4.16. The zero-order valence-electron chi connectivity index (χ0n) is 17.4. The van der Waals surface area contributed by atoms with Gasteiger partial charge >= 0.3 is 12.1 Å². The highest BCUT2D eigenvalue weighted by molar-refractivity contribution is 5.90. The van der Waals surface area contributed by atoms with Crippen LogP contribution in [0.3, 0.4) is 0 Å². The van der Waals surface area contributed by atoms with Crippen LogP contribution in [0.1, 0.15) is 66.7 Å². The molecule has 0 aromatic rings. The van der Waals surface area contributed by atoms with E-state index in [1.807, 2.05) is 0 Å². The Bertz CT molecular complexity index is 569. The largest absolute Gasteiger partial charge is 0.467 e. The molecule has 7 nitrogen and oxygen atoms in total. The molecule has 4 atom stereocenters. The molecule has 0 spiro atoms. The molecule has 2 amide bonds. The summed E-state index contributed by atoms with van der Waals surface area (Å²) in [4.78, 5) is 39.4. The van der Waals surface area contributed by atoms with Crippen LogP contribution in [0.5, 0.6) is 0 Å². The number of rotatable bonds is 3. The van der Waals surface area contributed by atoms with E-state index in [1.54, 1.807) is 25.7 Å². The van der Waals surface area contributed by atoms with Gasteiger partial charge in [0.25, 0.3) is 0 Å². The number of amides is 2. The van der Waals surface area contributed by atoms with Crippen LogP contribution in [-0.2, 0) is 19.1 Å². The first kappa shape index (κ1) is 21.5. The number of carbonyl (C=O) groups excluding carboxylic acids is 3. The Morgan fingerprint density at radius 2 is 1.81 bits per heavy atom. The number of ether oxygens (including phenoxy) is 2. The van der Waals surface area contributed by atoms with Gasteiger partial charge in [-0.1, -0.05) is 13.8 Å². The summed E-state index contributed by atoms with van der Waals surface area (Å²) in [6, 6.07) is -1.24. The quantitative estimate of drug-likeness (QED) is 0.759. The molecule has 2 fully saturated rings. The molecule has 2 heterocycles. The number of esters is 1. The van der Waals surface area contributed by atoms with Gasteiger partial charge < -0.3 is 19.7 Å². The van der Waals surface area contributed by atoms with Gasteiger partial charge in [-0.15, -0.1) is 0 Å². The maximum Gasteiger partial charge on any atom is 0.408 e. The summed E-state index contributed by atoms with van der Waals surface area (Å²) in [5.74, 6) is 0.314. The van der Waals surface area contributed by atoms with E-state index in [9.17, 15) is 14.4 Å². The minimum absolute atomic E-state index is 0.0113. The van der Waals surface area contributed by atoms with Crippen molar-refractivity contribution >= 4 is 18.0 Å². The zero-order chi connectivity index (χ0) is 20.4. The van der Waals surface area contributed by atoms with Crippen molar-refractivity contribution in [3.63, 3.8) is 0 Å². The molecule has 1 unspecified atom stereocenters. The van der Waals surface area contributed by atoms with Gasteiger partial charge in [-0.2, -0.15) is 0 Å². The van der Waals surface area contributed by atoms with Gasteiger partial charge in [0.2, 0.25) is 5.91 Å². The van der Waals surface area contributed by atoms with Crippen LogP contribution in [0.2, 0.25) is 0 Å². The summed E-state index contributed by atoms with van der Waals surface area (Å²) in [6.07, 6.45) is 3.07. The predicted octanol–water partition coefficient (Wildman–Crippen LogP) is 2.87. The Labute approximate surface area is 162 Å². The van der Waals surface area contributed by atoms with Crippen LogP contribution in [0.4, 0.5) is 4.79 Å². The molecule has 27 heavy (non-hydrogen) atoms. The summed E-state index contributed by atoms with van der Waals surface area (Å²) in [5, 5.41) is 2.74. The molecule has 2 aliphatic rings. The lowest BCUT2D eigenvalue weighted by Gasteiger charge is -2.38. The molecule has 154 valence electrons. The van der Waals surface area contributed by atoms with Crippen molar-refractivity contribution in [2.24, 2.45) is 11.8 Å². The number of nitrogens with zero attached hydrogens (tertiary/aromatic N) is 1. The number of nitrogens with one attached hydrogen (secondary N) is 1. The summed E-state index contributed by atoms with van der Waals surface area (Å²) in [5.41, 5.74) is -0.639. The molecule has 0 saturated carbocycles. The number of hydrogen-bond donors (Lipinski definition) is 1. The lowest BCUT2D eigenvalue weighted by Crippen LogP contribution is -2.56. The van der Waals surface area contributed by atoms with Crippen molar-refractivity contribution in [2.45, 2.75) is 90.4 Å². The number of fused-ring (bicyclic) bond motifs is 1. The molecule has 2 rings (SSSR count). The van der Waals surface area contributed by atoms with Crippen molar-refractivity contribution in [1.29, 1.82) is 0 Å². The molecule has 7 heteroatoms. The zero-order valence-corrected chi connectivity index (χ0v) is 17.4. The Morgan fingerprint density at radius 3 is 2.37 bits per heavy atom. The number of carbonyl (C=O) groups is 3. The molecule has 0 aromatic carbocycles. The number of alkyl carbamates (subject to hydrolysis) is 1. The van der Waals surface area contributed by atoms with E-state index in [1.165, 1.54) is 7.11 Å². The monoisotopic (exact) mass is 382 g/mol. The third-order valence-electron chi connectivity index (χ3n) is 5.56. The summed E-state index contributed by atoms with van der Waals surface area (Å²) in [7, 11) is 1.34. The molecular weight excluding hydrogens is 348 g/mol. The highest BCUT2D eigenvalue weighted by Crippen LogP contribution is 2.36. The predicted molar refractivity (Wildman–Crippen MR) is 101 cm³/mol. The fourth-order valence-corrected chi connectivity index (χ4v) is 4.16. The Hall–Kier alpha value is -1.79. The standard InChI is InChI=1S/C20H34N2O5/c1-12(2)13-7-9-15(21-19(25)27-20(3,4)5)17(23)22-14(11-13)8-10-16(22)18(24)26-6/h12-16H,7-11H2,1-6H3,(H,21,25)/t13-,14?,15-,16-/m0/s1. The topological polar surface area (TPSA) is 84.9 Å². The van der Waals surface area contributed by atoms with Crippen LogP contribution in [0.25, 0.3) is 0 Å². The van der Waals surface area contributed by atoms with Crippen LogP contribution in [-0.4, -0.2) is 53.7 Å². The summed E-state index contributed by atoms with van der Waals surface area (Å²) >= 11 is 0. The van der Waals surface area contributed by atoms with E-state index in [2.05, 4.69) is 19.2 Å². The summed E-state index contributed by atoms with van der Waals surface area (Å²) < 4.78 is 10.2. The van der Waals surface area contributed by atoms with Gasteiger partial charge in [0.15, 0.2) is 0 Å². The average molecular weight is 383 g/mol. The van der Waals surface area contributed by atoms with Gasteiger partial charge in [-0.3, -0.25) is 4.79 Å².